The monoisotopic (exact) mass is 305 g/mol. The standard InChI is InChI=1S/C14H23N7O/c1-3-17-12-13(15)18-11-19-14(12)21(2)10-9-16-7-5-4-6-8-20-22/h1,11,16-17H,4-10H2,2H3,(H2,15,18,19). The molecule has 22 heavy (non-hydrogen) atoms. The van der Waals surface area contributed by atoms with Crippen LogP contribution in [0.4, 0.5) is 17.3 Å². The van der Waals surface area contributed by atoms with Crippen molar-refractivity contribution in [2.45, 2.75) is 19.3 Å². The van der Waals surface area contributed by atoms with Gasteiger partial charge in [0.15, 0.2) is 11.6 Å². The Hall–Kier alpha value is -2.40. The Balaban J connectivity index is 2.34. The second kappa shape index (κ2) is 10.3. The molecule has 0 aliphatic carbocycles. The van der Waals surface area contributed by atoms with Gasteiger partial charge in [-0.15, -0.1) is 0 Å². The number of nitrogens with zero attached hydrogens (tertiary/aromatic N) is 4. The van der Waals surface area contributed by atoms with Crippen molar-refractivity contribution in [3.63, 3.8) is 0 Å². The average Bonchev–Trinajstić information content (AvgIpc) is 2.52. The van der Waals surface area contributed by atoms with E-state index >= 15 is 0 Å². The van der Waals surface area contributed by atoms with Gasteiger partial charge in [-0.25, -0.2) is 9.97 Å². The maximum Gasteiger partial charge on any atom is 0.158 e. The van der Waals surface area contributed by atoms with E-state index in [9.17, 15) is 4.91 Å². The first-order valence-corrected chi connectivity index (χ1v) is 7.23. The van der Waals surface area contributed by atoms with Crippen molar-refractivity contribution in [1.82, 2.24) is 15.3 Å². The first kappa shape index (κ1) is 17.7. The lowest BCUT2D eigenvalue weighted by atomic mass is 10.2. The molecule has 1 aromatic rings. The number of nitroso groups, excluding NO2 is 1. The number of anilines is 3. The normalized spacial score (nSPS) is 10.0. The zero-order chi connectivity index (χ0) is 16.2. The summed E-state index contributed by atoms with van der Waals surface area (Å²) in [5, 5.41) is 8.92. The molecule has 120 valence electrons. The van der Waals surface area contributed by atoms with Crippen molar-refractivity contribution in [2.75, 3.05) is 49.2 Å². The Morgan fingerprint density at radius 1 is 1.36 bits per heavy atom. The molecule has 0 radical (unpaired) electrons. The highest BCUT2D eigenvalue weighted by molar-refractivity contribution is 5.77. The summed E-state index contributed by atoms with van der Waals surface area (Å²) in [5.74, 6) is 0.996. The van der Waals surface area contributed by atoms with Crippen LogP contribution in [0.2, 0.25) is 0 Å². The van der Waals surface area contributed by atoms with Crippen LogP contribution in [-0.4, -0.2) is 43.2 Å². The van der Waals surface area contributed by atoms with E-state index in [1.165, 1.54) is 6.33 Å². The van der Waals surface area contributed by atoms with Gasteiger partial charge >= 0.3 is 0 Å². The van der Waals surface area contributed by atoms with Gasteiger partial charge < -0.3 is 21.3 Å². The molecule has 0 bridgehead atoms. The molecular weight excluding hydrogens is 282 g/mol. The highest BCUT2D eigenvalue weighted by Crippen LogP contribution is 2.25. The van der Waals surface area contributed by atoms with Gasteiger partial charge in [-0.1, -0.05) is 18.0 Å². The highest BCUT2D eigenvalue weighted by Gasteiger charge is 2.12. The molecule has 0 spiro atoms. The number of terminal acetylenes is 1. The first-order chi connectivity index (χ1) is 10.7. The molecule has 0 aliphatic heterocycles. The Kier molecular flexibility index (Phi) is 8.30. The zero-order valence-corrected chi connectivity index (χ0v) is 12.9. The third kappa shape index (κ3) is 5.93. The van der Waals surface area contributed by atoms with Crippen LogP contribution in [0.15, 0.2) is 11.5 Å². The van der Waals surface area contributed by atoms with E-state index < -0.39 is 0 Å². The van der Waals surface area contributed by atoms with Crippen molar-refractivity contribution < 1.29 is 0 Å². The fraction of sp³-hybridized carbons (Fsp3) is 0.571. The van der Waals surface area contributed by atoms with E-state index in [-0.39, 0.29) is 0 Å². The lowest BCUT2D eigenvalue weighted by Crippen LogP contribution is -2.30. The number of hydrogen-bond acceptors (Lipinski definition) is 8. The predicted octanol–water partition coefficient (Wildman–Crippen LogP) is 1.02. The minimum absolute atomic E-state index is 0.326. The Labute approximate surface area is 130 Å². The van der Waals surface area contributed by atoms with Gasteiger partial charge in [-0.05, 0) is 19.4 Å². The van der Waals surface area contributed by atoms with E-state index in [2.05, 4.69) is 31.8 Å². The molecule has 0 aliphatic rings. The van der Waals surface area contributed by atoms with Gasteiger partial charge in [0.1, 0.15) is 12.0 Å². The molecule has 0 aromatic carbocycles. The van der Waals surface area contributed by atoms with E-state index in [1.54, 1.807) is 0 Å². The quantitative estimate of drug-likeness (QED) is 0.242. The van der Waals surface area contributed by atoms with Gasteiger partial charge in [-0.2, -0.15) is 4.91 Å². The molecule has 1 rings (SSSR count). The third-order valence-corrected chi connectivity index (χ3v) is 3.14. The topological polar surface area (TPSA) is 109 Å². The van der Waals surface area contributed by atoms with E-state index in [0.717, 1.165) is 38.9 Å². The molecule has 1 heterocycles. The number of nitrogens with two attached hydrogens (primary N) is 1. The van der Waals surface area contributed by atoms with E-state index in [4.69, 9.17) is 12.2 Å². The molecule has 4 N–H and O–H groups in total. The van der Waals surface area contributed by atoms with Crippen LogP contribution in [0.5, 0.6) is 0 Å². The van der Waals surface area contributed by atoms with Crippen LogP contribution >= 0.6 is 0 Å². The van der Waals surface area contributed by atoms with Crippen LogP contribution in [0.3, 0.4) is 0 Å². The minimum atomic E-state index is 0.326. The number of hydrogen-bond donors (Lipinski definition) is 3. The summed E-state index contributed by atoms with van der Waals surface area (Å²) in [7, 11) is 1.92. The molecular formula is C14H23N7O. The Morgan fingerprint density at radius 3 is 2.91 bits per heavy atom. The average molecular weight is 305 g/mol. The van der Waals surface area contributed by atoms with Crippen molar-refractivity contribution in [2.24, 2.45) is 5.18 Å². The number of unbranched alkanes of at least 4 members (excludes halogenated alkanes) is 2. The van der Waals surface area contributed by atoms with E-state index in [1.807, 2.05) is 11.9 Å². The number of likely N-dealkylation sites (N-methyl/N-ethyl adjacent to an activating group) is 1. The molecule has 1 aromatic heterocycles. The predicted molar refractivity (Wildman–Crippen MR) is 89.6 cm³/mol. The minimum Gasteiger partial charge on any atom is -0.382 e. The van der Waals surface area contributed by atoms with Gasteiger partial charge in [0.25, 0.3) is 0 Å². The summed E-state index contributed by atoms with van der Waals surface area (Å²) < 4.78 is 0. The summed E-state index contributed by atoms with van der Waals surface area (Å²) in [6.45, 7) is 2.88. The summed E-state index contributed by atoms with van der Waals surface area (Å²) in [5.41, 5.74) is 6.35. The molecule has 8 heteroatoms. The van der Waals surface area contributed by atoms with Crippen LogP contribution in [0.1, 0.15) is 19.3 Å². The number of nitrogens with one attached hydrogen (secondary N) is 2. The maximum atomic E-state index is 9.94. The lowest BCUT2D eigenvalue weighted by molar-refractivity contribution is 0.605. The second-order valence-corrected chi connectivity index (χ2v) is 4.81. The van der Waals surface area contributed by atoms with Crippen LogP contribution in [0.25, 0.3) is 0 Å². The molecule has 0 saturated carbocycles. The number of aromatic nitrogens is 2. The van der Waals surface area contributed by atoms with Gasteiger partial charge in [-0.3, -0.25) is 0 Å². The van der Waals surface area contributed by atoms with Crippen molar-refractivity contribution >= 4 is 17.3 Å². The highest BCUT2D eigenvalue weighted by atomic mass is 16.3. The molecule has 0 amide bonds. The summed E-state index contributed by atoms with van der Waals surface area (Å²) in [6.07, 6.45) is 9.56. The van der Waals surface area contributed by atoms with Gasteiger partial charge in [0.2, 0.25) is 0 Å². The second-order valence-electron chi connectivity index (χ2n) is 4.81. The van der Waals surface area contributed by atoms with E-state index in [0.29, 0.717) is 23.9 Å². The Morgan fingerprint density at radius 2 is 2.18 bits per heavy atom. The van der Waals surface area contributed by atoms with Crippen molar-refractivity contribution in [3.05, 3.63) is 11.2 Å². The Bertz CT molecular complexity index is 500. The molecule has 0 fully saturated rings. The summed E-state index contributed by atoms with van der Waals surface area (Å²) >= 11 is 0. The first-order valence-electron chi connectivity index (χ1n) is 7.23. The van der Waals surface area contributed by atoms with Gasteiger partial charge in [0, 0.05) is 26.2 Å². The molecule has 8 nitrogen and oxygen atoms in total. The number of nitrogen functional groups attached to an aromatic ring is 1. The van der Waals surface area contributed by atoms with Crippen LogP contribution < -0.4 is 21.3 Å². The fourth-order valence-electron chi connectivity index (χ4n) is 1.95. The van der Waals surface area contributed by atoms with Crippen molar-refractivity contribution in [3.8, 4) is 12.5 Å². The lowest BCUT2D eigenvalue weighted by Gasteiger charge is -2.21. The zero-order valence-electron chi connectivity index (χ0n) is 12.9. The maximum absolute atomic E-state index is 9.94. The smallest absolute Gasteiger partial charge is 0.158 e. The fourth-order valence-corrected chi connectivity index (χ4v) is 1.95. The summed E-state index contributed by atoms with van der Waals surface area (Å²) in [4.78, 5) is 20.0. The molecule has 0 unspecified atom stereocenters. The third-order valence-electron chi connectivity index (χ3n) is 3.14. The molecule has 0 atom stereocenters. The summed E-state index contributed by atoms with van der Waals surface area (Å²) in [6, 6.07) is 2.34. The number of rotatable bonds is 11. The molecule has 0 saturated heterocycles. The van der Waals surface area contributed by atoms with Crippen LogP contribution in [0, 0.1) is 17.4 Å². The SMILES string of the molecule is C#CNc1c(N)ncnc1N(C)CCNCCCCCN=O. The van der Waals surface area contributed by atoms with Crippen LogP contribution in [-0.2, 0) is 0 Å². The van der Waals surface area contributed by atoms with Gasteiger partial charge in [0.05, 0.1) is 6.54 Å². The largest absolute Gasteiger partial charge is 0.382 e. The van der Waals surface area contributed by atoms with Crippen molar-refractivity contribution in [1.29, 1.82) is 0 Å².